The first-order valence-corrected chi connectivity index (χ1v) is 45.3. The van der Waals surface area contributed by atoms with Crippen molar-refractivity contribution in [2.75, 3.05) is 0 Å². The lowest BCUT2D eigenvalue weighted by molar-refractivity contribution is 0.482. The van der Waals surface area contributed by atoms with Gasteiger partial charge in [-0.1, -0.05) is 233 Å². The maximum Gasteiger partial charge on any atom is 0.247 e. The summed E-state index contributed by atoms with van der Waals surface area (Å²) in [6.45, 7) is 30.7. The highest BCUT2D eigenvalue weighted by Crippen LogP contribution is 2.32. The van der Waals surface area contributed by atoms with Crippen molar-refractivity contribution < 1.29 is 40.1 Å². The van der Waals surface area contributed by atoms with Crippen molar-refractivity contribution in [2.24, 2.45) is 10.2 Å². The van der Waals surface area contributed by atoms with Gasteiger partial charge in [0, 0.05) is 100 Å². The Morgan fingerprint density at radius 3 is 0.823 bits per heavy atom. The van der Waals surface area contributed by atoms with E-state index in [1.165, 1.54) is 72.0 Å². The fraction of sp³-hybridized carbons (Fsp3) is 0.140. The number of ether oxygens (including phenoxy) is 1. The molecule has 0 bridgehead atoms. The van der Waals surface area contributed by atoms with Gasteiger partial charge in [0.25, 0.3) is 0 Å². The third-order valence-corrected chi connectivity index (χ3v) is 20.8. The van der Waals surface area contributed by atoms with Crippen LogP contribution in [0.2, 0.25) is 0 Å². The fourth-order valence-corrected chi connectivity index (χ4v) is 13.3. The molecule has 0 aliphatic carbocycles. The minimum atomic E-state index is 0.509. The zero-order valence-electron chi connectivity index (χ0n) is 81.1. The van der Waals surface area contributed by atoms with E-state index in [9.17, 15) is 0 Å². The first-order chi connectivity index (χ1) is 68.3. The Kier molecular flexibility index (Phi) is 34.3. The Morgan fingerprint density at radius 2 is 0.447 bits per heavy atom. The van der Waals surface area contributed by atoms with Crippen molar-refractivity contribution >= 4 is 52.5 Å². The number of hydrogen-bond donors (Lipinski definition) is 0. The molecule has 0 N–H and O–H groups in total. The minimum Gasteiger partial charge on any atom is -0.457 e. The van der Waals surface area contributed by atoms with Crippen LogP contribution in [-0.4, -0.2) is 81.6 Å². The van der Waals surface area contributed by atoms with E-state index in [0.717, 1.165) is 72.9 Å². The molecule has 8 aromatic heterocycles. The predicted molar refractivity (Wildman–Crippen MR) is 549 cm³/mol. The number of aryl methyl sites for hydroxylation is 15. The molecule has 0 radical (unpaired) electrons. The Bertz CT molecular complexity index is 7510. The van der Waals surface area contributed by atoms with Crippen molar-refractivity contribution in [3.8, 4) is 103 Å². The molecule has 21 rings (SSSR count). The summed E-state index contributed by atoms with van der Waals surface area (Å²) in [6.07, 6.45) is 12.0. The molecular formula is C114H104N18O9. The Morgan fingerprint density at radius 1 is 0.199 bits per heavy atom. The number of hydrogen-bond acceptors (Lipinski definition) is 27. The van der Waals surface area contributed by atoms with E-state index in [1.807, 2.05) is 241 Å². The third-order valence-electron chi connectivity index (χ3n) is 20.8. The number of rotatable bonds is 17. The second kappa shape index (κ2) is 48.9. The third kappa shape index (κ3) is 30.4. The van der Waals surface area contributed by atoms with Gasteiger partial charge < -0.3 is 40.1 Å². The molecule has 0 spiro atoms. The maximum atomic E-state index is 5.76. The van der Waals surface area contributed by atoms with Crippen LogP contribution in [0.3, 0.4) is 0 Å². The molecule has 141 heavy (non-hydrogen) atoms. The first-order valence-electron chi connectivity index (χ1n) is 45.3. The zero-order chi connectivity index (χ0) is 98.9. The molecule has 0 saturated heterocycles. The summed E-state index contributed by atoms with van der Waals surface area (Å²) in [6, 6.07) is 101. The first kappa shape index (κ1) is 98.8. The Hall–Kier alpha value is -18.1. The SMILES string of the molecule is CC=Cc1ccc(C=Cc2nnc(C)o2)cc1.Cc1ccc(-c2ccc(-c3nnc(C)o3)cc2)cc1.Cc1ccc(-c2nnc(C)o2)cc1.Cc1ccc(C=Cc2ccc(-c3nnc(C)o3)cc2)cc1.Cc1ccc(N=Nc2ccc(-c3nnc(C)o3)cc2)cc1.Cc1ccc(Oc2ccc(-c3nnc(C)o3)cc2)cc1.Cc1ccc2cc(-c3nnc(C)o3)ccc2c1.Cc1cccc(-c2nnc(C)o2)c1. The average molecular weight is 1870 g/mol. The largest absolute Gasteiger partial charge is 0.457 e. The second-order valence-corrected chi connectivity index (χ2v) is 32.7. The predicted octanol–water partition coefficient (Wildman–Crippen LogP) is 29.3. The quantitative estimate of drug-likeness (QED) is 0.0603. The summed E-state index contributed by atoms with van der Waals surface area (Å²) < 4.78 is 48.6. The van der Waals surface area contributed by atoms with E-state index in [1.54, 1.807) is 55.4 Å². The number of benzene rings is 13. The van der Waals surface area contributed by atoms with Crippen LogP contribution in [0.15, 0.2) is 355 Å². The van der Waals surface area contributed by atoms with Gasteiger partial charge in [-0.25, -0.2) is 0 Å². The van der Waals surface area contributed by atoms with E-state index in [2.05, 4.69) is 246 Å². The lowest BCUT2D eigenvalue weighted by atomic mass is 10.0. The van der Waals surface area contributed by atoms with Crippen LogP contribution in [0.5, 0.6) is 11.5 Å². The number of aromatic nitrogens is 16. The van der Waals surface area contributed by atoms with Crippen molar-refractivity contribution in [1.29, 1.82) is 0 Å². The van der Waals surface area contributed by atoms with Crippen LogP contribution in [0, 0.1) is 104 Å². The summed E-state index contributed by atoms with van der Waals surface area (Å²) in [5, 5.41) is 73.0. The Balaban J connectivity index is 0.000000129. The molecule has 13 aromatic carbocycles. The van der Waals surface area contributed by atoms with Crippen LogP contribution in [0.4, 0.5) is 11.4 Å². The number of allylic oxidation sites excluding steroid dienone is 1. The second-order valence-electron chi connectivity index (χ2n) is 32.7. The highest BCUT2D eigenvalue weighted by atomic mass is 16.5. The molecule has 0 atom stereocenters. The number of azo groups is 1. The van der Waals surface area contributed by atoms with Crippen molar-refractivity contribution in [3.05, 3.63) is 424 Å². The van der Waals surface area contributed by atoms with Crippen molar-refractivity contribution in [2.45, 2.75) is 111 Å². The summed E-state index contributed by atoms with van der Waals surface area (Å²) in [4.78, 5) is 0. The summed E-state index contributed by atoms with van der Waals surface area (Å²) in [7, 11) is 0. The molecular weight excluding hydrogens is 1770 g/mol. The van der Waals surface area contributed by atoms with Crippen LogP contribution >= 0.6 is 0 Å². The Labute approximate surface area is 816 Å². The van der Waals surface area contributed by atoms with Crippen molar-refractivity contribution in [1.82, 2.24) is 81.6 Å². The molecule has 704 valence electrons. The lowest BCUT2D eigenvalue weighted by Gasteiger charge is -2.06. The van der Waals surface area contributed by atoms with E-state index in [0.29, 0.717) is 94.3 Å². The highest BCUT2D eigenvalue weighted by Gasteiger charge is 2.14. The molecule has 21 aromatic rings. The van der Waals surface area contributed by atoms with Gasteiger partial charge in [0.1, 0.15) is 11.5 Å². The van der Waals surface area contributed by atoms with Gasteiger partial charge in [-0.2, -0.15) is 10.2 Å². The lowest BCUT2D eigenvalue weighted by Crippen LogP contribution is -1.85. The average Bonchev–Trinajstić information content (AvgIpc) is 1.80. The monoisotopic (exact) mass is 1870 g/mol. The summed E-state index contributed by atoms with van der Waals surface area (Å²) in [5.74, 6) is 10.6. The highest BCUT2D eigenvalue weighted by molar-refractivity contribution is 5.87. The summed E-state index contributed by atoms with van der Waals surface area (Å²) >= 11 is 0. The van der Waals surface area contributed by atoms with Crippen LogP contribution < -0.4 is 4.74 Å². The maximum absolute atomic E-state index is 5.76. The van der Waals surface area contributed by atoms with Gasteiger partial charge in [0.2, 0.25) is 94.3 Å². The molecule has 0 aliphatic heterocycles. The number of fused-ring (bicyclic) bond motifs is 1. The standard InChI is InChI=1S/C18H16N2O.C16H14N4O.C16H14N2O2.C16H14N2O.C14H12N2O.C14H14N2O.2C10H10N2O/c1-13-3-5-15(6-4-13)7-8-16-9-11-17(12-10-16)18-20-19-14(2)21-18;1-11-3-7-14(8-4-11)18-19-15-9-5-13(6-10-15)16-20-17-12(2)21-16;1-11-3-7-14(8-4-11)20-15-9-5-13(6-10-15)16-18-17-12(2)19-16;1-11-3-5-13(6-4-11)14-7-9-15(10-8-14)16-18-17-12(2)19-16;1-9-3-4-12-8-13(6-5-11(12)7-9)14-16-15-10(2)17-14;1-3-4-12-5-7-13(8-6-12)9-10-14-16-15-11(2)17-14;1-7-3-5-9(6-4-7)10-12-11-8(2)13-10;1-7-4-3-5-9(6-7)10-12-11-8(2)13-10/h3-12H,1-2H3;3-10H,1-2H3;3-10H,1-2H3;3-10H,1-2H3;3-8H,1-2H3;3-10H,1-2H3;2*3-6H,1-2H3. The molecule has 0 saturated carbocycles. The summed E-state index contributed by atoms with van der Waals surface area (Å²) in [5.41, 5.74) is 23.7. The molecule has 27 nitrogen and oxygen atoms in total. The fourth-order valence-electron chi connectivity index (χ4n) is 13.3. The molecule has 27 heteroatoms. The van der Waals surface area contributed by atoms with Crippen LogP contribution in [0.25, 0.3) is 132 Å². The van der Waals surface area contributed by atoms with E-state index < -0.39 is 0 Å². The molecule has 0 unspecified atom stereocenters. The molecule has 8 heterocycles. The van der Waals surface area contributed by atoms with Crippen LogP contribution in [-0.2, 0) is 0 Å². The van der Waals surface area contributed by atoms with Gasteiger partial charge in [-0.3, -0.25) is 0 Å². The van der Waals surface area contributed by atoms with Crippen LogP contribution in [0.1, 0.15) is 121 Å². The minimum absolute atomic E-state index is 0.509. The van der Waals surface area contributed by atoms with Gasteiger partial charge in [0.05, 0.1) is 11.4 Å². The van der Waals surface area contributed by atoms with E-state index in [4.69, 9.17) is 40.1 Å². The van der Waals surface area contributed by atoms with Crippen molar-refractivity contribution in [3.63, 3.8) is 0 Å². The van der Waals surface area contributed by atoms with Gasteiger partial charge in [-0.05, 0) is 239 Å². The van der Waals surface area contributed by atoms with Gasteiger partial charge in [-0.15, -0.1) is 81.6 Å². The van der Waals surface area contributed by atoms with Gasteiger partial charge in [0.15, 0.2) is 0 Å². The topological polar surface area (TPSA) is 345 Å². The van der Waals surface area contributed by atoms with Gasteiger partial charge >= 0.3 is 0 Å². The van der Waals surface area contributed by atoms with E-state index >= 15 is 0 Å². The molecule has 0 fully saturated rings. The molecule has 0 amide bonds. The molecule has 0 aliphatic rings. The normalized spacial score (nSPS) is 10.9. The van der Waals surface area contributed by atoms with E-state index in [-0.39, 0.29) is 0 Å². The number of nitrogens with zero attached hydrogens (tertiary/aromatic N) is 18. The smallest absolute Gasteiger partial charge is 0.247 e. The zero-order valence-corrected chi connectivity index (χ0v) is 81.1.